The van der Waals surface area contributed by atoms with Crippen molar-refractivity contribution in [3.05, 3.63) is 0 Å². The van der Waals surface area contributed by atoms with Gasteiger partial charge in [-0.2, -0.15) is 0 Å². The third-order valence-electron chi connectivity index (χ3n) is 5.06. The molecular formula is C16H28N4O3. The summed E-state index contributed by atoms with van der Waals surface area (Å²) in [7, 11) is 0. The fourth-order valence-electron chi connectivity index (χ4n) is 3.64. The molecule has 3 N–H and O–H groups in total. The van der Waals surface area contributed by atoms with Crippen molar-refractivity contribution in [2.75, 3.05) is 26.3 Å². The van der Waals surface area contributed by atoms with Gasteiger partial charge < -0.3 is 15.4 Å². The molecule has 3 heterocycles. The molecule has 3 rings (SSSR count). The van der Waals surface area contributed by atoms with Gasteiger partial charge in [-0.3, -0.25) is 19.8 Å². The largest absolute Gasteiger partial charge is 0.381 e. The first-order valence-electron chi connectivity index (χ1n) is 8.79. The Hall–Kier alpha value is -1.18. The van der Waals surface area contributed by atoms with Crippen molar-refractivity contribution in [1.82, 2.24) is 20.9 Å². The Bertz CT molecular complexity index is 431. The van der Waals surface area contributed by atoms with Crippen LogP contribution >= 0.6 is 0 Å². The molecule has 0 aromatic heterocycles. The second-order valence-electron chi connectivity index (χ2n) is 6.95. The highest BCUT2D eigenvalue weighted by molar-refractivity contribution is 5.79. The van der Waals surface area contributed by atoms with Gasteiger partial charge >= 0.3 is 0 Å². The number of nitrogens with zero attached hydrogens (tertiary/aromatic N) is 1. The minimum atomic E-state index is -0.0709. The Balaban J connectivity index is 1.43. The number of amides is 2. The van der Waals surface area contributed by atoms with E-state index in [2.05, 4.69) is 20.9 Å². The maximum absolute atomic E-state index is 12.3. The molecule has 0 saturated carbocycles. The highest BCUT2D eigenvalue weighted by Gasteiger charge is 2.31. The molecule has 0 aliphatic carbocycles. The Morgan fingerprint density at radius 2 is 1.91 bits per heavy atom. The topological polar surface area (TPSA) is 82.7 Å². The summed E-state index contributed by atoms with van der Waals surface area (Å²) in [5.74, 6) is 0.405. The van der Waals surface area contributed by atoms with Crippen LogP contribution in [0, 0.1) is 5.92 Å². The molecule has 0 bridgehead atoms. The van der Waals surface area contributed by atoms with Crippen LogP contribution in [0.1, 0.15) is 39.0 Å². The molecule has 2 amide bonds. The summed E-state index contributed by atoms with van der Waals surface area (Å²) in [6, 6.07) is 0.456. The van der Waals surface area contributed by atoms with Crippen molar-refractivity contribution in [1.29, 1.82) is 0 Å². The van der Waals surface area contributed by atoms with Gasteiger partial charge in [0.15, 0.2) is 0 Å². The second-order valence-corrected chi connectivity index (χ2v) is 6.95. The van der Waals surface area contributed by atoms with Crippen molar-refractivity contribution in [2.45, 2.75) is 57.4 Å². The first-order valence-corrected chi connectivity index (χ1v) is 8.79. The normalized spacial score (nSPS) is 31.6. The predicted octanol–water partition coefficient (Wildman–Crippen LogP) is -0.225. The fraction of sp³-hybridized carbons (Fsp3) is 0.875. The van der Waals surface area contributed by atoms with Gasteiger partial charge in [-0.1, -0.05) is 0 Å². The van der Waals surface area contributed by atoms with Crippen LogP contribution in [0.25, 0.3) is 0 Å². The van der Waals surface area contributed by atoms with E-state index in [4.69, 9.17) is 4.74 Å². The van der Waals surface area contributed by atoms with Crippen molar-refractivity contribution >= 4 is 11.8 Å². The molecule has 7 nitrogen and oxygen atoms in total. The smallest absolute Gasteiger partial charge is 0.223 e. The van der Waals surface area contributed by atoms with E-state index in [1.54, 1.807) is 0 Å². The monoisotopic (exact) mass is 324 g/mol. The van der Waals surface area contributed by atoms with E-state index < -0.39 is 0 Å². The van der Waals surface area contributed by atoms with Gasteiger partial charge in [0.2, 0.25) is 11.8 Å². The summed E-state index contributed by atoms with van der Waals surface area (Å²) in [5.41, 5.74) is 0. The highest BCUT2D eigenvalue weighted by Crippen LogP contribution is 2.18. The molecule has 3 aliphatic rings. The van der Waals surface area contributed by atoms with Crippen molar-refractivity contribution in [2.24, 2.45) is 5.92 Å². The number of piperidine rings is 1. The Morgan fingerprint density at radius 3 is 2.57 bits per heavy atom. The van der Waals surface area contributed by atoms with Gasteiger partial charge in [0.1, 0.15) is 6.29 Å². The van der Waals surface area contributed by atoms with E-state index in [-0.39, 0.29) is 36.1 Å². The summed E-state index contributed by atoms with van der Waals surface area (Å²) < 4.78 is 5.31. The van der Waals surface area contributed by atoms with Crippen LogP contribution in [0.15, 0.2) is 0 Å². The molecule has 2 atom stereocenters. The number of carbonyl (C=O) groups is 2. The molecule has 130 valence electrons. The number of ether oxygens (including phenoxy) is 1. The minimum Gasteiger partial charge on any atom is -0.381 e. The van der Waals surface area contributed by atoms with Crippen LogP contribution in [-0.2, 0) is 14.3 Å². The molecule has 3 fully saturated rings. The Kier molecular flexibility index (Phi) is 5.50. The lowest BCUT2D eigenvalue weighted by molar-refractivity contribution is -0.129. The van der Waals surface area contributed by atoms with E-state index in [0.717, 1.165) is 38.8 Å². The number of hydrogen-bond acceptors (Lipinski definition) is 5. The first-order chi connectivity index (χ1) is 11.1. The molecule has 0 aromatic carbocycles. The summed E-state index contributed by atoms with van der Waals surface area (Å²) in [5, 5.41) is 9.62. The van der Waals surface area contributed by atoms with Crippen molar-refractivity contribution < 1.29 is 14.3 Å². The highest BCUT2D eigenvalue weighted by atomic mass is 16.5. The summed E-state index contributed by atoms with van der Waals surface area (Å²) >= 11 is 0. The predicted molar refractivity (Wildman–Crippen MR) is 85.4 cm³/mol. The molecular weight excluding hydrogens is 296 g/mol. The maximum Gasteiger partial charge on any atom is 0.223 e. The van der Waals surface area contributed by atoms with E-state index in [1.807, 2.05) is 6.92 Å². The zero-order chi connectivity index (χ0) is 16.2. The Labute approximate surface area is 137 Å². The molecule has 23 heavy (non-hydrogen) atoms. The maximum atomic E-state index is 12.3. The average Bonchev–Trinajstić information content (AvgIpc) is 2.55. The number of rotatable bonds is 3. The minimum absolute atomic E-state index is 0.0709. The summed E-state index contributed by atoms with van der Waals surface area (Å²) in [6.07, 6.45) is 3.99. The lowest BCUT2D eigenvalue weighted by Crippen LogP contribution is -2.65. The van der Waals surface area contributed by atoms with E-state index >= 15 is 0 Å². The van der Waals surface area contributed by atoms with E-state index in [9.17, 15) is 9.59 Å². The lowest BCUT2D eigenvalue weighted by atomic mass is 9.97. The van der Waals surface area contributed by atoms with Crippen LogP contribution in [-0.4, -0.2) is 61.4 Å². The number of nitrogens with one attached hydrogen (secondary N) is 3. The third-order valence-corrected chi connectivity index (χ3v) is 5.06. The quantitative estimate of drug-likeness (QED) is 0.668. The molecule has 0 radical (unpaired) electrons. The Morgan fingerprint density at radius 1 is 1.22 bits per heavy atom. The molecule has 7 heteroatoms. The lowest BCUT2D eigenvalue weighted by Gasteiger charge is -2.41. The van der Waals surface area contributed by atoms with Gasteiger partial charge in [0.25, 0.3) is 0 Å². The molecule has 3 aliphatic heterocycles. The van der Waals surface area contributed by atoms with Gasteiger partial charge in [-0.05, 0) is 32.6 Å². The molecule has 0 spiro atoms. The first kappa shape index (κ1) is 16.7. The van der Waals surface area contributed by atoms with Crippen LogP contribution in [0.2, 0.25) is 0 Å². The van der Waals surface area contributed by atoms with Gasteiger partial charge in [0, 0.05) is 50.7 Å². The van der Waals surface area contributed by atoms with Crippen LogP contribution in [0.3, 0.4) is 0 Å². The van der Waals surface area contributed by atoms with Gasteiger partial charge in [-0.25, -0.2) is 0 Å². The van der Waals surface area contributed by atoms with Crippen LogP contribution in [0.5, 0.6) is 0 Å². The number of carbonyl (C=O) groups excluding carboxylic acids is 2. The molecule has 2 unspecified atom stereocenters. The zero-order valence-electron chi connectivity index (χ0n) is 13.8. The van der Waals surface area contributed by atoms with Gasteiger partial charge in [-0.15, -0.1) is 0 Å². The SMILES string of the molecule is CC1CC(=O)NC(N2CCC(NC(=O)C3CCOCC3)CC2)N1. The van der Waals surface area contributed by atoms with Crippen LogP contribution in [0.4, 0.5) is 0 Å². The van der Waals surface area contributed by atoms with Gasteiger partial charge in [0.05, 0.1) is 0 Å². The number of hydrogen-bond donors (Lipinski definition) is 3. The number of likely N-dealkylation sites (tertiary alicyclic amines) is 1. The van der Waals surface area contributed by atoms with E-state index in [0.29, 0.717) is 19.6 Å². The van der Waals surface area contributed by atoms with Crippen LogP contribution < -0.4 is 16.0 Å². The van der Waals surface area contributed by atoms with Crippen molar-refractivity contribution in [3.63, 3.8) is 0 Å². The summed E-state index contributed by atoms with van der Waals surface area (Å²) in [4.78, 5) is 26.2. The standard InChI is InChI=1S/C16H28N4O3/c1-11-10-14(21)19-16(17-11)20-6-2-13(3-7-20)18-15(22)12-4-8-23-9-5-12/h11-13,16-17H,2-10H2,1H3,(H,18,22)(H,19,21). The fourth-order valence-corrected chi connectivity index (χ4v) is 3.64. The molecule has 0 aromatic rings. The third kappa shape index (κ3) is 4.43. The van der Waals surface area contributed by atoms with E-state index in [1.165, 1.54) is 0 Å². The summed E-state index contributed by atoms with van der Waals surface area (Å²) in [6.45, 7) is 5.18. The second kappa shape index (κ2) is 7.59. The average molecular weight is 324 g/mol. The zero-order valence-corrected chi connectivity index (χ0v) is 13.8. The molecule has 3 saturated heterocycles. The van der Waals surface area contributed by atoms with Crippen molar-refractivity contribution in [3.8, 4) is 0 Å².